The number of hydrogen-bond acceptors (Lipinski definition) is 6. The molecule has 3 N–H and O–H groups in total. The van der Waals surface area contributed by atoms with Gasteiger partial charge in [-0.15, -0.1) is 0 Å². The van der Waals surface area contributed by atoms with Gasteiger partial charge < -0.3 is 25.2 Å². The Morgan fingerprint density at radius 3 is 2.52 bits per heavy atom. The summed E-state index contributed by atoms with van der Waals surface area (Å²) in [5.74, 6) is 2.41. The quantitative estimate of drug-likeness (QED) is 0.318. The zero-order chi connectivity index (χ0) is 22.9. The van der Waals surface area contributed by atoms with Crippen molar-refractivity contribution in [2.75, 3.05) is 18.4 Å². The minimum Gasteiger partial charge on any atom is -0.491 e. The number of anilines is 1. The molecule has 0 saturated heterocycles. The van der Waals surface area contributed by atoms with Gasteiger partial charge >= 0.3 is 0 Å². The molecule has 2 rings (SSSR count). The van der Waals surface area contributed by atoms with Gasteiger partial charge in [0.2, 0.25) is 11.8 Å². The second-order valence-electron chi connectivity index (χ2n) is 8.54. The van der Waals surface area contributed by atoms with E-state index in [0.717, 1.165) is 17.9 Å². The lowest BCUT2D eigenvalue weighted by Gasteiger charge is -2.20. The van der Waals surface area contributed by atoms with Crippen LogP contribution in [0, 0.1) is 6.92 Å². The average molecular weight is 431 g/mol. The molecule has 0 spiro atoms. The maximum Gasteiger partial charge on any atom is 0.242 e. The van der Waals surface area contributed by atoms with Crippen LogP contribution >= 0.6 is 0 Å². The Hall–Kier alpha value is -3.10. The van der Waals surface area contributed by atoms with Crippen LogP contribution in [-0.4, -0.2) is 46.7 Å². The molecule has 31 heavy (non-hydrogen) atoms. The summed E-state index contributed by atoms with van der Waals surface area (Å²) in [5.41, 5.74) is 0.535. The van der Waals surface area contributed by atoms with Crippen molar-refractivity contribution in [2.24, 2.45) is 4.99 Å². The molecular weight excluding hydrogens is 396 g/mol. The van der Waals surface area contributed by atoms with E-state index >= 15 is 0 Å². The van der Waals surface area contributed by atoms with Crippen LogP contribution < -0.4 is 20.7 Å². The van der Waals surface area contributed by atoms with E-state index < -0.39 is 0 Å². The van der Waals surface area contributed by atoms with Gasteiger partial charge in [0.05, 0.1) is 6.10 Å². The van der Waals surface area contributed by atoms with Crippen molar-refractivity contribution in [2.45, 2.75) is 66.0 Å². The van der Waals surface area contributed by atoms with Crippen LogP contribution in [0.15, 0.2) is 33.8 Å². The van der Waals surface area contributed by atoms with Crippen LogP contribution in [0.5, 0.6) is 5.75 Å². The lowest BCUT2D eigenvalue weighted by molar-refractivity contribution is -0.121. The largest absolute Gasteiger partial charge is 0.491 e. The highest BCUT2D eigenvalue weighted by Gasteiger charge is 2.13. The first-order valence-corrected chi connectivity index (χ1v) is 10.5. The molecule has 0 aliphatic rings. The Labute approximate surface area is 184 Å². The predicted octanol–water partition coefficient (Wildman–Crippen LogP) is 3.07. The summed E-state index contributed by atoms with van der Waals surface area (Å²) >= 11 is 0. The van der Waals surface area contributed by atoms with E-state index in [1.165, 1.54) is 0 Å². The Bertz CT molecular complexity index is 853. The van der Waals surface area contributed by atoms with Gasteiger partial charge in [-0.1, -0.05) is 5.16 Å². The summed E-state index contributed by atoms with van der Waals surface area (Å²) in [4.78, 5) is 20.8. The molecule has 0 atom stereocenters. The SMILES string of the molecule is Cc1noc(CCCNC(=NCC(=O)NC(C)(C)C)Nc2ccc(OC(C)C)cc2)n1. The molecule has 1 aromatic carbocycles. The van der Waals surface area contributed by atoms with Crippen LogP contribution in [0.1, 0.15) is 52.8 Å². The number of nitrogens with one attached hydrogen (secondary N) is 3. The Morgan fingerprint density at radius 2 is 1.94 bits per heavy atom. The minimum atomic E-state index is -0.303. The smallest absolute Gasteiger partial charge is 0.242 e. The molecule has 0 radical (unpaired) electrons. The first-order valence-electron chi connectivity index (χ1n) is 10.5. The number of aliphatic imine (C=N–C) groups is 1. The highest BCUT2D eigenvalue weighted by atomic mass is 16.5. The summed E-state index contributed by atoms with van der Waals surface area (Å²) in [6.45, 7) is 12.2. The van der Waals surface area contributed by atoms with E-state index in [0.29, 0.717) is 30.6 Å². The van der Waals surface area contributed by atoms with E-state index in [1.54, 1.807) is 6.92 Å². The summed E-state index contributed by atoms with van der Waals surface area (Å²) in [6, 6.07) is 7.60. The van der Waals surface area contributed by atoms with Gasteiger partial charge in [-0.25, -0.2) is 4.99 Å². The molecule has 170 valence electrons. The van der Waals surface area contributed by atoms with E-state index in [4.69, 9.17) is 9.26 Å². The molecule has 1 amide bonds. The number of carbonyl (C=O) groups excluding carboxylic acids is 1. The van der Waals surface area contributed by atoms with Crippen LogP contribution in [0.25, 0.3) is 0 Å². The molecule has 0 unspecified atom stereocenters. The van der Waals surface area contributed by atoms with Gasteiger partial charge in [-0.3, -0.25) is 4.79 Å². The maximum atomic E-state index is 12.2. The molecule has 9 heteroatoms. The molecule has 1 heterocycles. The van der Waals surface area contributed by atoms with E-state index in [9.17, 15) is 4.79 Å². The predicted molar refractivity (Wildman–Crippen MR) is 121 cm³/mol. The number of amides is 1. The number of guanidine groups is 1. The molecule has 0 fully saturated rings. The number of ether oxygens (including phenoxy) is 1. The zero-order valence-corrected chi connectivity index (χ0v) is 19.3. The first kappa shape index (κ1) is 24.2. The normalized spacial score (nSPS) is 12.0. The molecule has 1 aromatic heterocycles. The monoisotopic (exact) mass is 430 g/mol. The van der Waals surface area contributed by atoms with Crippen molar-refractivity contribution < 1.29 is 14.1 Å². The fraction of sp³-hybridized carbons (Fsp3) is 0.545. The molecular formula is C22H34N6O3. The van der Waals surface area contributed by atoms with Gasteiger partial charge in [0.25, 0.3) is 0 Å². The lowest BCUT2D eigenvalue weighted by atomic mass is 10.1. The Balaban J connectivity index is 1.96. The van der Waals surface area contributed by atoms with Crippen LogP contribution in [0.3, 0.4) is 0 Å². The van der Waals surface area contributed by atoms with Crippen molar-refractivity contribution in [3.8, 4) is 5.75 Å². The number of carbonyl (C=O) groups is 1. The van der Waals surface area contributed by atoms with Crippen LogP contribution in [0.2, 0.25) is 0 Å². The summed E-state index contributed by atoms with van der Waals surface area (Å²) in [5, 5.41) is 13.2. The van der Waals surface area contributed by atoms with Crippen LogP contribution in [-0.2, 0) is 11.2 Å². The molecule has 0 bridgehead atoms. The second-order valence-corrected chi connectivity index (χ2v) is 8.54. The molecule has 9 nitrogen and oxygen atoms in total. The summed E-state index contributed by atoms with van der Waals surface area (Å²) < 4.78 is 10.8. The Morgan fingerprint density at radius 1 is 1.23 bits per heavy atom. The third-order valence-electron chi connectivity index (χ3n) is 3.81. The van der Waals surface area contributed by atoms with Crippen molar-refractivity contribution in [3.05, 3.63) is 36.0 Å². The van der Waals surface area contributed by atoms with Crippen molar-refractivity contribution in [3.63, 3.8) is 0 Å². The number of aromatic nitrogens is 2. The van der Waals surface area contributed by atoms with Gasteiger partial charge in [0, 0.05) is 24.2 Å². The maximum absolute atomic E-state index is 12.2. The third kappa shape index (κ3) is 9.97. The lowest BCUT2D eigenvalue weighted by Crippen LogP contribution is -2.42. The zero-order valence-electron chi connectivity index (χ0n) is 19.3. The number of rotatable bonds is 9. The number of benzene rings is 1. The second kappa shape index (κ2) is 11.3. The Kier molecular flexibility index (Phi) is 8.84. The van der Waals surface area contributed by atoms with Gasteiger partial charge in [0.1, 0.15) is 12.3 Å². The molecule has 0 aliphatic heterocycles. The van der Waals surface area contributed by atoms with Crippen molar-refractivity contribution >= 4 is 17.6 Å². The van der Waals surface area contributed by atoms with Crippen LogP contribution in [0.4, 0.5) is 5.69 Å². The average Bonchev–Trinajstić information content (AvgIpc) is 3.08. The highest BCUT2D eigenvalue weighted by molar-refractivity contribution is 5.95. The third-order valence-corrected chi connectivity index (χ3v) is 3.81. The number of hydrogen-bond donors (Lipinski definition) is 3. The first-order chi connectivity index (χ1) is 14.6. The summed E-state index contributed by atoms with van der Waals surface area (Å²) in [6.07, 6.45) is 1.55. The van der Waals surface area contributed by atoms with E-state index in [1.807, 2.05) is 58.9 Å². The van der Waals surface area contributed by atoms with E-state index in [2.05, 4.69) is 31.1 Å². The number of nitrogens with zero attached hydrogens (tertiary/aromatic N) is 3. The van der Waals surface area contributed by atoms with E-state index in [-0.39, 0.29) is 24.1 Å². The topological polar surface area (TPSA) is 114 Å². The van der Waals surface area contributed by atoms with Gasteiger partial charge in [-0.2, -0.15) is 4.98 Å². The minimum absolute atomic E-state index is 0.0179. The standard InChI is InChI=1S/C22H34N6O3/c1-15(2)30-18-11-9-17(10-12-18)26-21(24-14-19(29)27-22(4,5)6)23-13-7-8-20-25-16(3)28-31-20/h9-12,15H,7-8,13-14H2,1-6H3,(H,27,29)(H2,23,24,26). The highest BCUT2D eigenvalue weighted by Crippen LogP contribution is 2.16. The van der Waals surface area contributed by atoms with Crippen molar-refractivity contribution in [1.82, 2.24) is 20.8 Å². The van der Waals surface area contributed by atoms with Gasteiger partial charge in [0.15, 0.2) is 11.8 Å². The van der Waals surface area contributed by atoms with Gasteiger partial charge in [-0.05, 0) is 72.2 Å². The van der Waals surface area contributed by atoms with Crippen molar-refractivity contribution in [1.29, 1.82) is 0 Å². The molecule has 0 aliphatic carbocycles. The molecule has 2 aromatic rings. The fourth-order valence-corrected chi connectivity index (χ4v) is 2.66. The number of aryl methyl sites for hydroxylation is 2. The summed E-state index contributed by atoms with van der Waals surface area (Å²) in [7, 11) is 0. The fourth-order valence-electron chi connectivity index (χ4n) is 2.66. The molecule has 0 saturated carbocycles.